The largest absolute Gasteiger partial charge is 0.408 e. The van der Waals surface area contributed by atoms with Crippen molar-refractivity contribution in [3.63, 3.8) is 0 Å². The first-order valence-corrected chi connectivity index (χ1v) is 6.52. The molecular weight excluding hydrogens is 232 g/mol. The molecule has 0 saturated heterocycles. The molecule has 6 heteroatoms. The van der Waals surface area contributed by atoms with Crippen LogP contribution in [0.4, 0.5) is 6.01 Å². The number of hydrogen-bond donors (Lipinski definition) is 2. The molecule has 0 bridgehead atoms. The summed E-state index contributed by atoms with van der Waals surface area (Å²) in [6.45, 7) is 5.00. The van der Waals surface area contributed by atoms with Gasteiger partial charge in [0, 0.05) is 18.4 Å². The summed E-state index contributed by atoms with van der Waals surface area (Å²) in [5, 5.41) is 13.6. The Morgan fingerprint density at radius 1 is 1.44 bits per heavy atom. The molecule has 1 aliphatic rings. The molecule has 2 N–H and O–H groups in total. The van der Waals surface area contributed by atoms with E-state index in [1.807, 2.05) is 0 Å². The van der Waals surface area contributed by atoms with Gasteiger partial charge >= 0.3 is 6.01 Å². The molecular formula is C12H20N4O2. The Kier molecular flexibility index (Phi) is 4.30. The maximum atomic E-state index is 11.6. The normalized spacial score (nSPS) is 15.1. The number of anilines is 1. The number of aromatic nitrogens is 2. The fourth-order valence-electron chi connectivity index (χ4n) is 1.60. The fourth-order valence-corrected chi connectivity index (χ4v) is 1.60. The van der Waals surface area contributed by atoms with Crippen molar-refractivity contribution in [3.8, 4) is 0 Å². The lowest BCUT2D eigenvalue weighted by Gasteiger charge is -2.06. The van der Waals surface area contributed by atoms with Crippen LogP contribution in [0.2, 0.25) is 0 Å². The Labute approximate surface area is 107 Å². The summed E-state index contributed by atoms with van der Waals surface area (Å²) in [7, 11) is 0. The van der Waals surface area contributed by atoms with E-state index in [9.17, 15) is 4.79 Å². The molecule has 0 unspecified atom stereocenters. The molecule has 1 amide bonds. The van der Waals surface area contributed by atoms with Crippen LogP contribution in [0.15, 0.2) is 4.42 Å². The molecule has 0 radical (unpaired) electrons. The molecule has 0 aromatic carbocycles. The number of hydrogen-bond acceptors (Lipinski definition) is 5. The highest BCUT2D eigenvalue weighted by Crippen LogP contribution is 2.39. The molecule has 0 aliphatic heterocycles. The summed E-state index contributed by atoms with van der Waals surface area (Å²) >= 11 is 0. The molecule has 1 aromatic rings. The minimum Gasteiger partial charge on any atom is -0.408 e. The average Bonchev–Trinajstić information content (AvgIpc) is 3.06. The van der Waals surface area contributed by atoms with E-state index in [1.165, 1.54) is 0 Å². The minimum absolute atomic E-state index is 0.0773. The van der Waals surface area contributed by atoms with Crippen molar-refractivity contribution in [1.82, 2.24) is 15.5 Å². The van der Waals surface area contributed by atoms with E-state index in [-0.39, 0.29) is 11.9 Å². The molecule has 18 heavy (non-hydrogen) atoms. The zero-order valence-corrected chi connectivity index (χ0v) is 10.9. The van der Waals surface area contributed by atoms with Crippen molar-refractivity contribution >= 4 is 11.9 Å². The van der Waals surface area contributed by atoms with E-state index in [2.05, 4.69) is 34.7 Å². The van der Waals surface area contributed by atoms with E-state index >= 15 is 0 Å². The van der Waals surface area contributed by atoms with Gasteiger partial charge in [-0.15, -0.1) is 5.10 Å². The molecule has 1 aliphatic carbocycles. The van der Waals surface area contributed by atoms with Crippen LogP contribution in [0, 0.1) is 0 Å². The minimum atomic E-state index is -0.0773. The second kappa shape index (κ2) is 5.95. The number of carbonyl (C=O) groups is 1. The predicted octanol–water partition coefficient (Wildman–Crippen LogP) is 1.66. The summed E-state index contributed by atoms with van der Waals surface area (Å²) < 4.78 is 5.35. The molecule has 100 valence electrons. The summed E-state index contributed by atoms with van der Waals surface area (Å²) in [5.74, 6) is 0.983. The summed E-state index contributed by atoms with van der Waals surface area (Å²) in [6, 6.07) is 0.670. The van der Waals surface area contributed by atoms with Gasteiger partial charge in [-0.05, 0) is 25.8 Å². The van der Waals surface area contributed by atoms with Gasteiger partial charge in [0.15, 0.2) is 0 Å². The monoisotopic (exact) mass is 252 g/mol. The van der Waals surface area contributed by atoms with Gasteiger partial charge in [0.05, 0.1) is 0 Å². The topological polar surface area (TPSA) is 80.0 Å². The molecule has 0 atom stereocenters. The first-order chi connectivity index (χ1) is 8.65. The molecule has 0 spiro atoms. The van der Waals surface area contributed by atoms with Crippen molar-refractivity contribution < 1.29 is 9.21 Å². The van der Waals surface area contributed by atoms with Gasteiger partial charge in [-0.3, -0.25) is 10.1 Å². The van der Waals surface area contributed by atoms with Gasteiger partial charge in [0.2, 0.25) is 11.8 Å². The number of rotatable bonds is 7. The second-order valence-electron chi connectivity index (χ2n) is 4.98. The van der Waals surface area contributed by atoms with Crippen LogP contribution >= 0.6 is 0 Å². The van der Waals surface area contributed by atoms with Crippen LogP contribution < -0.4 is 10.6 Å². The zero-order valence-electron chi connectivity index (χ0n) is 10.9. The van der Waals surface area contributed by atoms with E-state index in [1.54, 1.807) is 0 Å². The van der Waals surface area contributed by atoms with Gasteiger partial charge in [-0.1, -0.05) is 18.9 Å². The smallest absolute Gasteiger partial charge is 0.322 e. The molecule has 1 aromatic heterocycles. The molecule has 2 rings (SSSR count). The van der Waals surface area contributed by atoms with Crippen molar-refractivity contribution in [1.29, 1.82) is 0 Å². The van der Waals surface area contributed by atoms with Gasteiger partial charge < -0.3 is 9.73 Å². The van der Waals surface area contributed by atoms with Gasteiger partial charge in [-0.25, -0.2) is 0 Å². The van der Waals surface area contributed by atoms with Gasteiger partial charge in [-0.2, -0.15) is 0 Å². The van der Waals surface area contributed by atoms with Crippen LogP contribution in [0.25, 0.3) is 0 Å². The van der Waals surface area contributed by atoms with E-state index in [0.717, 1.165) is 25.8 Å². The SMILES string of the molecule is CC(C)NCCCC(=O)Nc1nnc(C2CC2)o1. The third-order valence-corrected chi connectivity index (χ3v) is 2.75. The molecule has 1 saturated carbocycles. The lowest BCUT2D eigenvalue weighted by atomic mass is 10.3. The highest BCUT2D eigenvalue weighted by atomic mass is 16.4. The van der Waals surface area contributed by atoms with E-state index in [0.29, 0.717) is 24.3 Å². The Morgan fingerprint density at radius 3 is 2.89 bits per heavy atom. The Morgan fingerprint density at radius 2 is 2.22 bits per heavy atom. The Bertz CT molecular complexity index is 399. The third-order valence-electron chi connectivity index (χ3n) is 2.75. The molecule has 1 fully saturated rings. The van der Waals surface area contributed by atoms with Crippen molar-refractivity contribution in [2.75, 3.05) is 11.9 Å². The quantitative estimate of drug-likeness (QED) is 0.721. The zero-order chi connectivity index (χ0) is 13.0. The van der Waals surface area contributed by atoms with Crippen molar-refractivity contribution in [2.45, 2.75) is 51.5 Å². The van der Waals surface area contributed by atoms with Crippen LogP contribution in [0.1, 0.15) is 51.3 Å². The highest BCUT2D eigenvalue weighted by molar-refractivity contribution is 5.88. The fraction of sp³-hybridized carbons (Fsp3) is 0.750. The molecule has 6 nitrogen and oxygen atoms in total. The molecule has 1 heterocycles. The number of carbonyl (C=O) groups excluding carboxylic acids is 1. The lowest BCUT2D eigenvalue weighted by Crippen LogP contribution is -2.24. The average molecular weight is 252 g/mol. The number of amides is 1. The summed E-state index contributed by atoms with van der Waals surface area (Å²) in [6.07, 6.45) is 3.47. The van der Waals surface area contributed by atoms with E-state index < -0.39 is 0 Å². The third kappa shape index (κ3) is 4.10. The second-order valence-corrected chi connectivity index (χ2v) is 4.98. The predicted molar refractivity (Wildman–Crippen MR) is 67.3 cm³/mol. The van der Waals surface area contributed by atoms with Crippen LogP contribution in [0.3, 0.4) is 0 Å². The Hall–Kier alpha value is -1.43. The van der Waals surface area contributed by atoms with Crippen molar-refractivity contribution in [3.05, 3.63) is 5.89 Å². The van der Waals surface area contributed by atoms with Crippen LogP contribution in [-0.2, 0) is 4.79 Å². The Balaban J connectivity index is 1.66. The maximum absolute atomic E-state index is 11.6. The summed E-state index contributed by atoms with van der Waals surface area (Å²) in [4.78, 5) is 11.6. The highest BCUT2D eigenvalue weighted by Gasteiger charge is 2.29. The maximum Gasteiger partial charge on any atom is 0.322 e. The standard InChI is InChI=1S/C12H20N4O2/c1-8(2)13-7-3-4-10(17)14-12-16-15-11(18-12)9-5-6-9/h8-9,13H,3-7H2,1-2H3,(H,14,16,17). The van der Waals surface area contributed by atoms with Crippen LogP contribution in [-0.4, -0.2) is 28.7 Å². The van der Waals surface area contributed by atoms with Crippen molar-refractivity contribution in [2.24, 2.45) is 0 Å². The number of nitrogens with one attached hydrogen (secondary N) is 2. The first-order valence-electron chi connectivity index (χ1n) is 6.52. The lowest BCUT2D eigenvalue weighted by molar-refractivity contribution is -0.116. The van der Waals surface area contributed by atoms with Crippen LogP contribution in [0.5, 0.6) is 0 Å². The summed E-state index contributed by atoms with van der Waals surface area (Å²) in [5.41, 5.74) is 0. The first kappa shape index (κ1) is 13.0. The number of nitrogens with zero attached hydrogens (tertiary/aromatic N) is 2. The van der Waals surface area contributed by atoms with Gasteiger partial charge in [0.25, 0.3) is 0 Å². The van der Waals surface area contributed by atoms with Gasteiger partial charge in [0.1, 0.15) is 0 Å². The van der Waals surface area contributed by atoms with E-state index in [4.69, 9.17) is 4.42 Å².